The standard InChI is InChI=1S/C10H13NOS.C10H12/c1-10(2,9(11)12)13-8-6-4-3-5-7-8;1-2-6-10-8-4-3-7-9(10)5-1/h3-7H,1-2H3,(H2,11,12);1-2,5-6H,3-4,7-8H2. The normalized spacial score (nSPS) is 13.5. The van der Waals surface area contributed by atoms with Crippen molar-refractivity contribution in [3.05, 3.63) is 65.7 Å². The molecule has 2 aromatic rings. The Bertz CT molecular complexity index is 612. The van der Waals surface area contributed by atoms with Crippen LogP contribution in [0.4, 0.5) is 0 Å². The molecule has 2 nitrogen and oxygen atoms in total. The number of rotatable bonds is 3. The second kappa shape index (κ2) is 8.21. The van der Waals surface area contributed by atoms with E-state index in [9.17, 15) is 4.79 Å². The maximum Gasteiger partial charge on any atom is 0.233 e. The number of benzene rings is 2. The van der Waals surface area contributed by atoms with Gasteiger partial charge in [-0.05, 0) is 62.8 Å². The second-order valence-electron chi connectivity index (χ2n) is 6.27. The summed E-state index contributed by atoms with van der Waals surface area (Å²) in [6, 6.07) is 18.6. The Labute approximate surface area is 143 Å². The first kappa shape index (κ1) is 17.6. The van der Waals surface area contributed by atoms with Gasteiger partial charge in [0.05, 0.1) is 4.75 Å². The molecule has 1 aliphatic carbocycles. The van der Waals surface area contributed by atoms with Gasteiger partial charge in [0.25, 0.3) is 0 Å². The number of primary amides is 1. The highest BCUT2D eigenvalue weighted by molar-refractivity contribution is 8.01. The van der Waals surface area contributed by atoms with E-state index in [0.29, 0.717) is 0 Å². The Morgan fingerprint density at radius 3 is 1.87 bits per heavy atom. The van der Waals surface area contributed by atoms with Crippen molar-refractivity contribution in [2.45, 2.75) is 49.2 Å². The maximum absolute atomic E-state index is 11.0. The highest BCUT2D eigenvalue weighted by atomic mass is 32.2. The van der Waals surface area contributed by atoms with Crippen LogP contribution in [0.3, 0.4) is 0 Å². The van der Waals surface area contributed by atoms with Gasteiger partial charge in [-0.3, -0.25) is 4.79 Å². The summed E-state index contributed by atoms with van der Waals surface area (Å²) >= 11 is 1.48. The first-order chi connectivity index (χ1) is 11.0. The van der Waals surface area contributed by atoms with Gasteiger partial charge in [-0.15, -0.1) is 11.8 Å². The summed E-state index contributed by atoms with van der Waals surface area (Å²) < 4.78 is -0.540. The smallest absolute Gasteiger partial charge is 0.233 e. The van der Waals surface area contributed by atoms with Gasteiger partial charge < -0.3 is 5.73 Å². The molecule has 2 aromatic carbocycles. The van der Waals surface area contributed by atoms with Crippen LogP contribution in [0.2, 0.25) is 0 Å². The minimum Gasteiger partial charge on any atom is -0.368 e. The number of carbonyl (C=O) groups excluding carboxylic acids is 1. The Kier molecular flexibility index (Phi) is 6.28. The van der Waals surface area contributed by atoms with Crippen LogP contribution < -0.4 is 5.73 Å². The molecular weight excluding hydrogens is 302 g/mol. The molecule has 0 spiro atoms. The quantitative estimate of drug-likeness (QED) is 0.837. The average molecular weight is 327 g/mol. The van der Waals surface area contributed by atoms with Crippen LogP contribution in [0.1, 0.15) is 37.8 Å². The SMILES string of the molecule is CC(C)(Sc1ccccc1)C(N)=O.c1ccc2c(c1)CCCC2. The molecule has 1 aliphatic rings. The monoisotopic (exact) mass is 327 g/mol. The third-order valence-corrected chi connectivity index (χ3v) is 5.19. The van der Waals surface area contributed by atoms with E-state index in [2.05, 4.69) is 24.3 Å². The van der Waals surface area contributed by atoms with Crippen molar-refractivity contribution in [2.24, 2.45) is 5.73 Å². The van der Waals surface area contributed by atoms with Gasteiger partial charge in [-0.25, -0.2) is 0 Å². The van der Waals surface area contributed by atoms with Gasteiger partial charge in [-0.1, -0.05) is 42.5 Å². The minimum atomic E-state index is -0.540. The van der Waals surface area contributed by atoms with Crippen molar-refractivity contribution in [3.63, 3.8) is 0 Å². The Hall–Kier alpha value is -1.74. The molecule has 2 N–H and O–H groups in total. The van der Waals surface area contributed by atoms with Crippen molar-refractivity contribution >= 4 is 17.7 Å². The van der Waals surface area contributed by atoms with E-state index in [4.69, 9.17) is 5.73 Å². The fourth-order valence-electron chi connectivity index (χ4n) is 2.51. The molecule has 3 rings (SSSR count). The van der Waals surface area contributed by atoms with E-state index in [1.165, 1.54) is 37.4 Å². The minimum absolute atomic E-state index is 0.290. The third-order valence-electron chi connectivity index (χ3n) is 3.97. The molecule has 0 radical (unpaired) electrons. The summed E-state index contributed by atoms with van der Waals surface area (Å²) in [6.45, 7) is 3.65. The molecular formula is C20H25NOS. The van der Waals surface area contributed by atoms with Crippen molar-refractivity contribution < 1.29 is 4.79 Å². The van der Waals surface area contributed by atoms with Crippen LogP contribution >= 0.6 is 11.8 Å². The van der Waals surface area contributed by atoms with Gasteiger partial charge in [0.2, 0.25) is 5.91 Å². The summed E-state index contributed by atoms with van der Waals surface area (Å²) in [6.07, 6.45) is 5.38. The van der Waals surface area contributed by atoms with Crippen LogP contribution in [-0.2, 0) is 17.6 Å². The first-order valence-electron chi connectivity index (χ1n) is 8.10. The zero-order chi connectivity index (χ0) is 16.7. The summed E-state index contributed by atoms with van der Waals surface area (Å²) in [4.78, 5) is 12.1. The molecule has 0 fully saturated rings. The molecule has 0 unspecified atom stereocenters. The largest absolute Gasteiger partial charge is 0.368 e. The van der Waals surface area contributed by atoms with E-state index < -0.39 is 4.75 Å². The van der Waals surface area contributed by atoms with Crippen LogP contribution in [0, 0.1) is 0 Å². The van der Waals surface area contributed by atoms with Crippen LogP contribution in [0.15, 0.2) is 59.5 Å². The van der Waals surface area contributed by atoms with Crippen molar-refractivity contribution in [1.29, 1.82) is 0 Å². The number of hydrogen-bond acceptors (Lipinski definition) is 2. The predicted octanol–water partition coefficient (Wildman–Crippen LogP) is 4.61. The number of nitrogens with two attached hydrogens (primary N) is 1. The lowest BCUT2D eigenvalue weighted by Crippen LogP contribution is -2.34. The Balaban J connectivity index is 0.000000172. The van der Waals surface area contributed by atoms with Gasteiger partial charge >= 0.3 is 0 Å². The van der Waals surface area contributed by atoms with E-state index in [-0.39, 0.29) is 5.91 Å². The highest BCUT2D eigenvalue weighted by Gasteiger charge is 2.25. The molecule has 0 saturated carbocycles. The van der Waals surface area contributed by atoms with E-state index in [0.717, 1.165) is 4.90 Å². The van der Waals surface area contributed by atoms with E-state index in [1.54, 1.807) is 11.1 Å². The number of carbonyl (C=O) groups is 1. The van der Waals surface area contributed by atoms with Gasteiger partial charge in [0.1, 0.15) is 0 Å². The van der Waals surface area contributed by atoms with E-state index in [1.807, 2.05) is 44.2 Å². The average Bonchev–Trinajstić information content (AvgIpc) is 2.56. The molecule has 0 bridgehead atoms. The lowest BCUT2D eigenvalue weighted by atomic mass is 9.92. The highest BCUT2D eigenvalue weighted by Crippen LogP contribution is 2.31. The van der Waals surface area contributed by atoms with Crippen LogP contribution in [-0.4, -0.2) is 10.7 Å². The van der Waals surface area contributed by atoms with Gasteiger partial charge in [-0.2, -0.15) is 0 Å². The van der Waals surface area contributed by atoms with Crippen LogP contribution in [0.5, 0.6) is 0 Å². The number of amides is 1. The predicted molar refractivity (Wildman–Crippen MR) is 98.7 cm³/mol. The number of hydrogen-bond donors (Lipinski definition) is 1. The van der Waals surface area contributed by atoms with Crippen molar-refractivity contribution in [1.82, 2.24) is 0 Å². The molecule has 0 saturated heterocycles. The zero-order valence-corrected chi connectivity index (χ0v) is 14.7. The molecule has 1 amide bonds. The summed E-state index contributed by atoms with van der Waals surface area (Å²) in [5.74, 6) is -0.290. The molecule has 3 heteroatoms. The zero-order valence-electron chi connectivity index (χ0n) is 13.9. The summed E-state index contributed by atoms with van der Waals surface area (Å²) in [5, 5.41) is 0. The summed E-state index contributed by atoms with van der Waals surface area (Å²) in [5.41, 5.74) is 8.41. The Morgan fingerprint density at radius 1 is 0.913 bits per heavy atom. The van der Waals surface area contributed by atoms with Crippen molar-refractivity contribution in [2.75, 3.05) is 0 Å². The third kappa shape index (κ3) is 5.43. The fourth-order valence-corrected chi connectivity index (χ4v) is 3.49. The molecule has 23 heavy (non-hydrogen) atoms. The van der Waals surface area contributed by atoms with Crippen molar-refractivity contribution in [3.8, 4) is 0 Å². The molecule has 0 aliphatic heterocycles. The lowest BCUT2D eigenvalue weighted by molar-refractivity contribution is -0.119. The molecule has 122 valence electrons. The molecule has 0 heterocycles. The molecule has 0 aromatic heterocycles. The molecule has 0 atom stereocenters. The lowest BCUT2D eigenvalue weighted by Gasteiger charge is -2.19. The van der Waals surface area contributed by atoms with E-state index >= 15 is 0 Å². The van der Waals surface area contributed by atoms with Crippen LogP contribution in [0.25, 0.3) is 0 Å². The number of aryl methyl sites for hydroxylation is 2. The Morgan fingerprint density at radius 2 is 1.39 bits per heavy atom. The maximum atomic E-state index is 11.0. The topological polar surface area (TPSA) is 43.1 Å². The van der Waals surface area contributed by atoms with Gasteiger partial charge in [0.15, 0.2) is 0 Å². The van der Waals surface area contributed by atoms with Gasteiger partial charge in [0, 0.05) is 4.90 Å². The summed E-state index contributed by atoms with van der Waals surface area (Å²) in [7, 11) is 0. The first-order valence-corrected chi connectivity index (χ1v) is 8.91. The number of fused-ring (bicyclic) bond motifs is 1. The second-order valence-corrected chi connectivity index (χ2v) is 7.96. The fraction of sp³-hybridized carbons (Fsp3) is 0.350. The number of thioether (sulfide) groups is 1.